The molecule has 0 aliphatic heterocycles. The Labute approximate surface area is 119 Å². The second kappa shape index (κ2) is 7.04. The number of rotatable bonds is 4. The van der Waals surface area contributed by atoms with Crippen LogP contribution in [0.1, 0.15) is 50.5 Å². The minimum absolute atomic E-state index is 0.180. The minimum atomic E-state index is -0.332. The van der Waals surface area contributed by atoms with Crippen molar-refractivity contribution >= 4 is 17.4 Å². The monoisotopic (exact) mass is 282 g/mol. The fraction of sp³-hybridized carbons (Fsp3) is 0.562. The smallest absolute Gasteiger partial charge is 0.137 e. The standard InChI is InChI=1S/C16H20ClFO/c17-16-8-7-14(18)10-13(16)11-15(19)9-12-5-3-1-2-4-6-12/h7-8,10,12H,1-6,9,11H2. The molecule has 19 heavy (non-hydrogen) atoms. The summed E-state index contributed by atoms with van der Waals surface area (Å²) in [5, 5.41) is 0.482. The molecule has 0 heterocycles. The van der Waals surface area contributed by atoms with E-state index in [1.165, 1.54) is 43.9 Å². The van der Waals surface area contributed by atoms with Crippen LogP contribution in [0.3, 0.4) is 0 Å². The molecular formula is C16H20ClFO. The van der Waals surface area contributed by atoms with Crippen LogP contribution < -0.4 is 0 Å². The highest BCUT2D eigenvalue weighted by Crippen LogP contribution is 2.26. The molecule has 1 aromatic rings. The molecule has 2 rings (SSSR count). The van der Waals surface area contributed by atoms with Gasteiger partial charge >= 0.3 is 0 Å². The summed E-state index contributed by atoms with van der Waals surface area (Å²) in [5.74, 6) is 0.364. The van der Waals surface area contributed by atoms with E-state index in [2.05, 4.69) is 0 Å². The van der Waals surface area contributed by atoms with Gasteiger partial charge in [0.25, 0.3) is 0 Å². The molecule has 0 N–H and O–H groups in total. The van der Waals surface area contributed by atoms with Crippen molar-refractivity contribution in [2.75, 3.05) is 0 Å². The van der Waals surface area contributed by atoms with Gasteiger partial charge in [0.15, 0.2) is 0 Å². The average Bonchev–Trinajstić information content (AvgIpc) is 2.62. The van der Waals surface area contributed by atoms with Gasteiger partial charge in [-0.2, -0.15) is 0 Å². The van der Waals surface area contributed by atoms with Crippen molar-refractivity contribution in [3.8, 4) is 0 Å². The Morgan fingerprint density at radius 1 is 1.21 bits per heavy atom. The largest absolute Gasteiger partial charge is 0.299 e. The third-order valence-corrected chi connectivity index (χ3v) is 4.26. The highest BCUT2D eigenvalue weighted by molar-refractivity contribution is 6.31. The molecule has 1 aliphatic rings. The predicted molar refractivity (Wildman–Crippen MR) is 75.9 cm³/mol. The van der Waals surface area contributed by atoms with Gasteiger partial charge in [-0.1, -0.05) is 50.1 Å². The quantitative estimate of drug-likeness (QED) is 0.714. The lowest BCUT2D eigenvalue weighted by molar-refractivity contribution is -0.119. The van der Waals surface area contributed by atoms with Crippen molar-refractivity contribution in [3.63, 3.8) is 0 Å². The summed E-state index contributed by atoms with van der Waals surface area (Å²) in [4.78, 5) is 12.1. The van der Waals surface area contributed by atoms with Crippen LogP contribution in [0.4, 0.5) is 4.39 Å². The third kappa shape index (κ3) is 4.61. The summed E-state index contributed by atoms with van der Waals surface area (Å²) in [6.07, 6.45) is 8.24. The van der Waals surface area contributed by atoms with E-state index in [1.54, 1.807) is 0 Å². The molecule has 1 nitrogen and oxygen atoms in total. The summed E-state index contributed by atoms with van der Waals surface area (Å²) in [7, 11) is 0. The Morgan fingerprint density at radius 2 is 1.89 bits per heavy atom. The topological polar surface area (TPSA) is 17.1 Å². The zero-order chi connectivity index (χ0) is 13.7. The Hall–Kier alpha value is -0.890. The van der Waals surface area contributed by atoms with Crippen LogP contribution in [0, 0.1) is 11.7 Å². The number of benzene rings is 1. The van der Waals surface area contributed by atoms with E-state index in [9.17, 15) is 9.18 Å². The molecule has 0 atom stereocenters. The zero-order valence-electron chi connectivity index (χ0n) is 11.1. The van der Waals surface area contributed by atoms with E-state index in [1.807, 2.05) is 0 Å². The van der Waals surface area contributed by atoms with Crippen molar-refractivity contribution in [2.24, 2.45) is 5.92 Å². The first kappa shape index (κ1) is 14.5. The number of halogens is 2. The first-order valence-corrected chi connectivity index (χ1v) is 7.48. The van der Waals surface area contributed by atoms with Gasteiger partial charge in [0.05, 0.1) is 0 Å². The molecule has 0 saturated heterocycles. The summed E-state index contributed by atoms with van der Waals surface area (Å²) in [5.41, 5.74) is 0.611. The number of carbonyl (C=O) groups excluding carboxylic acids is 1. The van der Waals surface area contributed by atoms with E-state index in [0.717, 1.165) is 12.8 Å². The van der Waals surface area contributed by atoms with Crippen molar-refractivity contribution < 1.29 is 9.18 Å². The molecule has 1 saturated carbocycles. The number of hydrogen-bond acceptors (Lipinski definition) is 1. The second-order valence-corrected chi connectivity index (χ2v) is 5.92. The van der Waals surface area contributed by atoms with Gasteiger partial charge in [-0.25, -0.2) is 4.39 Å². The lowest BCUT2D eigenvalue weighted by Gasteiger charge is -2.13. The predicted octanol–water partition coefficient (Wildman–Crippen LogP) is 4.95. The van der Waals surface area contributed by atoms with E-state index >= 15 is 0 Å². The molecule has 0 unspecified atom stereocenters. The van der Waals surface area contributed by atoms with Crippen molar-refractivity contribution in [1.29, 1.82) is 0 Å². The maximum atomic E-state index is 13.1. The van der Waals surface area contributed by atoms with Gasteiger partial charge in [-0.05, 0) is 29.7 Å². The molecule has 0 aromatic heterocycles. The minimum Gasteiger partial charge on any atom is -0.299 e. The first-order chi connectivity index (χ1) is 9.15. The summed E-state index contributed by atoms with van der Waals surface area (Å²) >= 11 is 5.99. The molecule has 0 bridgehead atoms. The first-order valence-electron chi connectivity index (χ1n) is 7.11. The maximum Gasteiger partial charge on any atom is 0.137 e. The summed E-state index contributed by atoms with van der Waals surface area (Å²) < 4.78 is 13.1. The van der Waals surface area contributed by atoms with Crippen LogP contribution in [0.15, 0.2) is 18.2 Å². The van der Waals surface area contributed by atoms with Gasteiger partial charge < -0.3 is 0 Å². The Morgan fingerprint density at radius 3 is 2.58 bits per heavy atom. The Kier molecular flexibility index (Phi) is 5.38. The average molecular weight is 283 g/mol. The van der Waals surface area contributed by atoms with Crippen LogP contribution in [0.2, 0.25) is 5.02 Å². The lowest BCUT2D eigenvalue weighted by Crippen LogP contribution is -2.10. The SMILES string of the molecule is O=C(Cc1cc(F)ccc1Cl)CC1CCCCCC1. The fourth-order valence-electron chi connectivity index (χ4n) is 2.85. The van der Waals surface area contributed by atoms with E-state index < -0.39 is 0 Å². The Bertz CT molecular complexity index is 436. The van der Waals surface area contributed by atoms with Crippen molar-refractivity contribution in [3.05, 3.63) is 34.6 Å². The van der Waals surface area contributed by atoms with E-state index in [-0.39, 0.29) is 18.0 Å². The number of hydrogen-bond donors (Lipinski definition) is 0. The lowest BCUT2D eigenvalue weighted by atomic mass is 9.92. The van der Waals surface area contributed by atoms with E-state index in [0.29, 0.717) is 22.9 Å². The number of ketones is 1. The molecule has 3 heteroatoms. The van der Waals surface area contributed by atoms with Crippen molar-refractivity contribution in [1.82, 2.24) is 0 Å². The highest BCUT2D eigenvalue weighted by atomic mass is 35.5. The van der Waals surface area contributed by atoms with Crippen LogP contribution in [0.25, 0.3) is 0 Å². The molecule has 0 amide bonds. The fourth-order valence-corrected chi connectivity index (χ4v) is 3.04. The van der Waals surface area contributed by atoms with Gasteiger partial charge in [0, 0.05) is 17.9 Å². The number of Topliss-reactive ketones (excluding diaryl/α,β-unsaturated/α-hetero) is 1. The molecule has 1 fully saturated rings. The summed E-state index contributed by atoms with van der Waals surface area (Å²) in [6, 6.07) is 4.21. The molecule has 1 aliphatic carbocycles. The Balaban J connectivity index is 1.91. The van der Waals surface area contributed by atoms with Gasteiger partial charge in [0.2, 0.25) is 0 Å². The van der Waals surface area contributed by atoms with Gasteiger partial charge in [-0.15, -0.1) is 0 Å². The molecule has 0 radical (unpaired) electrons. The van der Waals surface area contributed by atoms with Gasteiger partial charge in [0.1, 0.15) is 11.6 Å². The number of carbonyl (C=O) groups is 1. The van der Waals surface area contributed by atoms with Crippen LogP contribution >= 0.6 is 11.6 Å². The summed E-state index contributed by atoms with van der Waals surface area (Å²) in [6.45, 7) is 0. The van der Waals surface area contributed by atoms with E-state index in [4.69, 9.17) is 11.6 Å². The van der Waals surface area contributed by atoms with Crippen LogP contribution in [-0.4, -0.2) is 5.78 Å². The maximum absolute atomic E-state index is 13.1. The zero-order valence-corrected chi connectivity index (χ0v) is 11.9. The molecule has 1 aromatic carbocycles. The van der Waals surface area contributed by atoms with Gasteiger partial charge in [-0.3, -0.25) is 4.79 Å². The van der Waals surface area contributed by atoms with Crippen LogP contribution in [-0.2, 0) is 11.2 Å². The third-order valence-electron chi connectivity index (χ3n) is 3.89. The van der Waals surface area contributed by atoms with Crippen molar-refractivity contribution in [2.45, 2.75) is 51.4 Å². The molecule has 104 valence electrons. The molecule has 0 spiro atoms. The molecular weight excluding hydrogens is 263 g/mol. The second-order valence-electron chi connectivity index (χ2n) is 5.51. The highest BCUT2D eigenvalue weighted by Gasteiger charge is 2.17. The van der Waals surface area contributed by atoms with Crippen LogP contribution in [0.5, 0.6) is 0 Å². The normalized spacial score (nSPS) is 17.2.